The molecule has 0 N–H and O–H groups in total. The Bertz CT molecular complexity index is 648. The molecule has 0 radical (unpaired) electrons. The highest BCUT2D eigenvalue weighted by Crippen LogP contribution is 2.22. The normalized spacial score (nSPS) is 18.7. The van der Waals surface area contributed by atoms with Crippen molar-refractivity contribution in [1.29, 1.82) is 0 Å². The molecular weight excluding hydrogens is 306 g/mol. The summed E-state index contributed by atoms with van der Waals surface area (Å²) in [5.74, 6) is 0.932. The van der Waals surface area contributed by atoms with E-state index >= 15 is 0 Å². The monoisotopic (exact) mass is 331 g/mol. The molecule has 0 saturated carbocycles. The number of hydrogen-bond acceptors (Lipinski definition) is 5. The van der Waals surface area contributed by atoms with Gasteiger partial charge in [0, 0.05) is 19.6 Å². The van der Waals surface area contributed by atoms with Crippen LogP contribution in [0.1, 0.15) is 49.0 Å². The average molecular weight is 331 g/mol. The predicted octanol–water partition coefficient (Wildman–Crippen LogP) is 2.19. The Hall–Kier alpha value is -2.15. The highest BCUT2D eigenvalue weighted by atomic mass is 16.3. The number of amides is 1. The third kappa shape index (κ3) is 3.67. The second-order valence-corrected chi connectivity index (χ2v) is 6.17. The lowest BCUT2D eigenvalue weighted by Crippen LogP contribution is -2.36. The maximum absolute atomic E-state index is 12.4. The molecule has 0 aromatic carbocycles. The van der Waals surface area contributed by atoms with Gasteiger partial charge in [0.15, 0.2) is 5.69 Å². The van der Waals surface area contributed by atoms with Gasteiger partial charge in [-0.15, -0.1) is 5.10 Å². The molecule has 1 fully saturated rings. The number of likely N-dealkylation sites (tertiary alicyclic amines) is 1. The van der Waals surface area contributed by atoms with Crippen molar-refractivity contribution in [1.82, 2.24) is 24.8 Å². The Morgan fingerprint density at radius 2 is 2.25 bits per heavy atom. The molecule has 3 heterocycles. The summed E-state index contributed by atoms with van der Waals surface area (Å²) < 4.78 is 7.29. The first kappa shape index (κ1) is 16.7. The molecule has 130 valence electrons. The van der Waals surface area contributed by atoms with Crippen molar-refractivity contribution in [2.75, 3.05) is 26.2 Å². The van der Waals surface area contributed by atoms with E-state index in [0.717, 1.165) is 38.2 Å². The molecule has 1 saturated heterocycles. The number of aromatic nitrogens is 3. The van der Waals surface area contributed by atoms with Gasteiger partial charge in [0.2, 0.25) is 0 Å². The maximum Gasteiger partial charge on any atom is 0.276 e. The largest absolute Gasteiger partial charge is 0.468 e. The third-order valence-electron chi connectivity index (χ3n) is 4.59. The van der Waals surface area contributed by atoms with Gasteiger partial charge in [0.25, 0.3) is 5.91 Å². The fourth-order valence-electron chi connectivity index (χ4n) is 3.24. The van der Waals surface area contributed by atoms with E-state index in [-0.39, 0.29) is 11.9 Å². The topological polar surface area (TPSA) is 67.4 Å². The fraction of sp³-hybridized carbons (Fsp3) is 0.588. The summed E-state index contributed by atoms with van der Waals surface area (Å²) in [6.07, 6.45) is 5.66. The predicted molar refractivity (Wildman–Crippen MR) is 89.5 cm³/mol. The van der Waals surface area contributed by atoms with Crippen molar-refractivity contribution in [3.05, 3.63) is 36.0 Å². The van der Waals surface area contributed by atoms with Crippen molar-refractivity contribution >= 4 is 5.91 Å². The van der Waals surface area contributed by atoms with Crippen LogP contribution in [-0.2, 0) is 6.54 Å². The molecule has 0 spiro atoms. The van der Waals surface area contributed by atoms with Crippen LogP contribution in [-0.4, -0.2) is 56.9 Å². The zero-order valence-electron chi connectivity index (χ0n) is 14.4. The minimum atomic E-state index is -0.0468. The molecular formula is C17H25N5O2. The van der Waals surface area contributed by atoms with Gasteiger partial charge in [-0.1, -0.05) is 5.21 Å². The quantitative estimate of drug-likeness (QED) is 0.812. The summed E-state index contributed by atoms with van der Waals surface area (Å²) in [4.78, 5) is 16.5. The molecule has 0 aliphatic carbocycles. The first-order valence-electron chi connectivity index (χ1n) is 8.67. The molecule has 1 amide bonds. The molecule has 24 heavy (non-hydrogen) atoms. The summed E-state index contributed by atoms with van der Waals surface area (Å²) in [5.41, 5.74) is 0.432. The van der Waals surface area contributed by atoms with E-state index in [1.165, 1.54) is 0 Å². The first-order valence-corrected chi connectivity index (χ1v) is 8.67. The van der Waals surface area contributed by atoms with E-state index in [4.69, 9.17) is 4.42 Å². The molecule has 7 heteroatoms. The van der Waals surface area contributed by atoms with E-state index in [0.29, 0.717) is 18.8 Å². The summed E-state index contributed by atoms with van der Waals surface area (Å²) in [5, 5.41) is 8.31. The number of hydrogen-bond donors (Lipinski definition) is 0. The molecule has 1 aliphatic rings. The number of furan rings is 1. The number of piperidine rings is 1. The average Bonchev–Trinajstić information content (AvgIpc) is 3.28. The smallest absolute Gasteiger partial charge is 0.276 e. The lowest BCUT2D eigenvalue weighted by atomic mass is 10.1. The number of carbonyl (C=O) groups excluding carboxylic acids is 1. The van der Waals surface area contributed by atoms with Crippen LogP contribution in [0.4, 0.5) is 0 Å². The van der Waals surface area contributed by atoms with Crippen LogP contribution in [0.3, 0.4) is 0 Å². The van der Waals surface area contributed by atoms with Gasteiger partial charge in [-0.2, -0.15) is 0 Å². The summed E-state index contributed by atoms with van der Waals surface area (Å²) in [7, 11) is 0. The van der Waals surface area contributed by atoms with Crippen molar-refractivity contribution in [3.63, 3.8) is 0 Å². The van der Waals surface area contributed by atoms with Crippen molar-refractivity contribution in [3.8, 4) is 0 Å². The Kier molecular flexibility index (Phi) is 5.30. The lowest BCUT2D eigenvalue weighted by Gasteiger charge is -2.31. The van der Waals surface area contributed by atoms with Crippen LogP contribution in [0.2, 0.25) is 0 Å². The van der Waals surface area contributed by atoms with Crippen molar-refractivity contribution in [2.24, 2.45) is 0 Å². The van der Waals surface area contributed by atoms with E-state index < -0.39 is 0 Å². The van der Waals surface area contributed by atoms with Gasteiger partial charge in [-0.05, 0) is 45.4 Å². The van der Waals surface area contributed by atoms with Crippen LogP contribution in [0.25, 0.3) is 0 Å². The molecule has 2 aromatic heterocycles. The van der Waals surface area contributed by atoms with Gasteiger partial charge in [0.1, 0.15) is 5.76 Å². The van der Waals surface area contributed by atoms with Gasteiger partial charge in [-0.3, -0.25) is 9.69 Å². The highest BCUT2D eigenvalue weighted by molar-refractivity contribution is 5.91. The van der Waals surface area contributed by atoms with Gasteiger partial charge in [0.05, 0.1) is 25.0 Å². The molecule has 0 bridgehead atoms. The maximum atomic E-state index is 12.4. The van der Waals surface area contributed by atoms with Crippen LogP contribution >= 0.6 is 0 Å². The van der Waals surface area contributed by atoms with E-state index in [2.05, 4.69) is 15.2 Å². The standard InChI is InChI=1S/C17H25N5O2/c1-3-21(4-2)17(23)16-13-22(19-18-16)14-7-5-9-20(11-14)12-15-8-6-10-24-15/h6,8,10,13-14H,3-5,7,9,11-12H2,1-2H3. The van der Waals surface area contributed by atoms with E-state index in [9.17, 15) is 4.79 Å². The van der Waals surface area contributed by atoms with Gasteiger partial charge in [-0.25, -0.2) is 4.68 Å². The first-order chi connectivity index (χ1) is 11.7. The molecule has 7 nitrogen and oxygen atoms in total. The summed E-state index contributed by atoms with van der Waals surface area (Å²) in [6, 6.07) is 4.17. The van der Waals surface area contributed by atoms with Crippen molar-refractivity contribution < 1.29 is 9.21 Å². The van der Waals surface area contributed by atoms with Crippen molar-refractivity contribution in [2.45, 2.75) is 39.3 Å². The lowest BCUT2D eigenvalue weighted by molar-refractivity contribution is 0.0767. The van der Waals surface area contributed by atoms with Gasteiger partial charge >= 0.3 is 0 Å². The zero-order valence-corrected chi connectivity index (χ0v) is 14.4. The minimum Gasteiger partial charge on any atom is -0.468 e. The third-order valence-corrected chi connectivity index (χ3v) is 4.59. The highest BCUT2D eigenvalue weighted by Gasteiger charge is 2.24. The van der Waals surface area contributed by atoms with Crippen LogP contribution in [0.15, 0.2) is 29.0 Å². The molecule has 1 unspecified atom stereocenters. The number of carbonyl (C=O) groups is 1. The van der Waals surface area contributed by atoms with Gasteiger partial charge < -0.3 is 9.32 Å². The van der Waals surface area contributed by atoms with Crippen LogP contribution in [0, 0.1) is 0 Å². The SMILES string of the molecule is CCN(CC)C(=O)c1cn(C2CCCN(Cc3ccco3)C2)nn1. The fourth-order valence-corrected chi connectivity index (χ4v) is 3.24. The van der Waals surface area contributed by atoms with E-state index in [1.807, 2.05) is 30.7 Å². The second kappa shape index (κ2) is 7.61. The molecule has 1 atom stereocenters. The number of nitrogens with zero attached hydrogens (tertiary/aromatic N) is 5. The molecule has 1 aliphatic heterocycles. The van der Waals surface area contributed by atoms with Crippen LogP contribution < -0.4 is 0 Å². The Labute approximate surface area is 142 Å². The molecule has 2 aromatic rings. The summed E-state index contributed by atoms with van der Waals surface area (Å²) >= 11 is 0. The zero-order chi connectivity index (χ0) is 16.9. The Balaban J connectivity index is 1.65. The van der Waals surface area contributed by atoms with E-state index in [1.54, 1.807) is 17.4 Å². The second-order valence-electron chi connectivity index (χ2n) is 6.17. The Morgan fingerprint density at radius 1 is 1.42 bits per heavy atom. The summed E-state index contributed by atoms with van der Waals surface area (Å²) in [6.45, 7) is 8.06. The van der Waals surface area contributed by atoms with Crippen LogP contribution in [0.5, 0.6) is 0 Å². The molecule has 3 rings (SSSR count). The Morgan fingerprint density at radius 3 is 2.96 bits per heavy atom. The number of rotatable bonds is 6. The minimum absolute atomic E-state index is 0.0468.